The van der Waals surface area contributed by atoms with E-state index in [0.29, 0.717) is 0 Å². The number of carboxylic acid groups (broad SMARTS) is 1. The van der Waals surface area contributed by atoms with Crippen LogP contribution in [0.15, 0.2) is 29.2 Å². The summed E-state index contributed by atoms with van der Waals surface area (Å²) >= 11 is 0. The molecule has 0 aromatic heterocycles. The fourth-order valence-electron chi connectivity index (χ4n) is 0.978. The average Bonchev–Trinajstić information content (AvgIpc) is 2.26. The Bertz CT molecular complexity index is 551. The van der Waals surface area contributed by atoms with Crippen LogP contribution in [0, 0.1) is 6.92 Å². The minimum absolute atomic E-state index is 0.210. The van der Waals surface area contributed by atoms with E-state index in [2.05, 4.69) is 4.18 Å². The van der Waals surface area contributed by atoms with Crippen LogP contribution in [-0.4, -0.2) is 25.7 Å². The van der Waals surface area contributed by atoms with E-state index in [-0.39, 0.29) is 4.90 Å². The number of hydrazine groups is 1. The van der Waals surface area contributed by atoms with Crippen molar-refractivity contribution >= 4 is 22.3 Å². The van der Waals surface area contributed by atoms with Crippen molar-refractivity contribution in [3.8, 4) is 0 Å². The zero-order valence-corrected chi connectivity index (χ0v) is 10.0. The van der Waals surface area contributed by atoms with Gasteiger partial charge in [0.2, 0.25) is 0 Å². The Hall–Kier alpha value is -2.29. The van der Waals surface area contributed by atoms with Crippen molar-refractivity contribution in [1.29, 1.82) is 0 Å². The SMILES string of the molecule is Cc1ccc(S(=O)(=O)OC(=O)NNC(=O)O)cc1. The van der Waals surface area contributed by atoms with Gasteiger partial charge in [-0.15, -0.1) is 0 Å². The first-order valence-electron chi connectivity index (χ1n) is 4.61. The smallest absolute Gasteiger partial charge is 0.442 e. The van der Waals surface area contributed by atoms with E-state index >= 15 is 0 Å². The molecule has 0 fully saturated rings. The zero-order chi connectivity index (χ0) is 13.8. The molecule has 0 saturated carbocycles. The van der Waals surface area contributed by atoms with Crippen molar-refractivity contribution in [2.45, 2.75) is 11.8 Å². The molecule has 2 amide bonds. The third-order valence-electron chi connectivity index (χ3n) is 1.77. The predicted molar refractivity (Wildman–Crippen MR) is 59.1 cm³/mol. The second-order valence-electron chi connectivity index (χ2n) is 3.19. The number of hydrogen-bond acceptors (Lipinski definition) is 5. The monoisotopic (exact) mass is 274 g/mol. The molecule has 8 nitrogen and oxygen atoms in total. The number of nitrogens with one attached hydrogen (secondary N) is 2. The lowest BCUT2D eigenvalue weighted by Crippen LogP contribution is -2.41. The molecule has 9 heteroatoms. The molecule has 1 aromatic rings. The lowest BCUT2D eigenvalue weighted by Gasteiger charge is -2.06. The summed E-state index contributed by atoms with van der Waals surface area (Å²) in [5, 5.41) is 8.18. The normalized spacial score (nSPS) is 10.5. The molecule has 0 aliphatic heterocycles. The van der Waals surface area contributed by atoms with Gasteiger partial charge in [0.15, 0.2) is 0 Å². The van der Waals surface area contributed by atoms with Gasteiger partial charge in [-0.2, -0.15) is 8.42 Å². The minimum Gasteiger partial charge on any atom is -0.464 e. The predicted octanol–water partition coefficient (Wildman–Crippen LogP) is 0.593. The molecular formula is C9H10N2O6S. The Kier molecular flexibility index (Phi) is 4.10. The summed E-state index contributed by atoms with van der Waals surface area (Å²) in [6, 6.07) is 5.60. The van der Waals surface area contributed by atoms with Crippen molar-refractivity contribution in [2.75, 3.05) is 0 Å². The molecule has 0 radical (unpaired) electrons. The molecule has 0 unspecified atom stereocenters. The molecule has 0 atom stereocenters. The van der Waals surface area contributed by atoms with Crippen LogP contribution in [0.1, 0.15) is 5.56 Å². The number of carbonyl (C=O) groups is 2. The summed E-state index contributed by atoms with van der Waals surface area (Å²) in [6.45, 7) is 1.76. The lowest BCUT2D eigenvalue weighted by atomic mass is 10.2. The fraction of sp³-hybridized carbons (Fsp3) is 0.111. The van der Waals surface area contributed by atoms with E-state index in [1.54, 1.807) is 6.92 Å². The highest BCUT2D eigenvalue weighted by atomic mass is 32.2. The van der Waals surface area contributed by atoms with Gasteiger partial charge in [0.1, 0.15) is 4.90 Å². The number of hydrogen-bond donors (Lipinski definition) is 3. The molecule has 18 heavy (non-hydrogen) atoms. The molecule has 0 spiro atoms. The molecule has 0 bridgehead atoms. The van der Waals surface area contributed by atoms with Crippen LogP contribution in [-0.2, 0) is 14.3 Å². The number of carbonyl (C=O) groups excluding carboxylic acids is 1. The van der Waals surface area contributed by atoms with Crippen molar-refractivity contribution < 1.29 is 27.3 Å². The average molecular weight is 274 g/mol. The molecule has 0 heterocycles. The van der Waals surface area contributed by atoms with Crippen LogP contribution < -0.4 is 10.9 Å². The van der Waals surface area contributed by atoms with Crippen molar-refractivity contribution in [3.05, 3.63) is 29.8 Å². The Labute approximate surface area is 103 Å². The van der Waals surface area contributed by atoms with Crippen LogP contribution in [0.2, 0.25) is 0 Å². The number of amides is 2. The lowest BCUT2D eigenvalue weighted by molar-refractivity contribution is 0.176. The molecule has 3 N–H and O–H groups in total. The highest BCUT2D eigenvalue weighted by Gasteiger charge is 2.20. The third kappa shape index (κ3) is 3.94. The van der Waals surface area contributed by atoms with E-state index in [4.69, 9.17) is 5.11 Å². The second-order valence-corrected chi connectivity index (χ2v) is 4.74. The standard InChI is InChI=1S/C9H10N2O6S/c1-6-2-4-7(5-3-6)18(15,16)17-9(14)11-10-8(12)13/h2-5,10H,1H3,(H,11,14)(H,12,13). The molecular weight excluding hydrogens is 264 g/mol. The van der Waals surface area contributed by atoms with Gasteiger partial charge in [0, 0.05) is 0 Å². The molecule has 1 aromatic carbocycles. The second kappa shape index (κ2) is 5.36. The molecule has 0 saturated heterocycles. The Morgan fingerprint density at radius 3 is 2.22 bits per heavy atom. The summed E-state index contributed by atoms with van der Waals surface area (Å²) in [7, 11) is -4.27. The van der Waals surface area contributed by atoms with E-state index in [0.717, 1.165) is 5.56 Å². The summed E-state index contributed by atoms with van der Waals surface area (Å²) in [5.74, 6) is 0. The summed E-state index contributed by atoms with van der Waals surface area (Å²) in [6.07, 6.45) is -3.00. The highest BCUT2D eigenvalue weighted by Crippen LogP contribution is 2.12. The quantitative estimate of drug-likeness (QED) is 0.536. The summed E-state index contributed by atoms with van der Waals surface area (Å²) < 4.78 is 27.2. The number of benzene rings is 1. The maximum Gasteiger partial charge on any atom is 0.442 e. The van der Waals surface area contributed by atoms with Crippen molar-refractivity contribution in [2.24, 2.45) is 0 Å². The van der Waals surface area contributed by atoms with E-state index in [9.17, 15) is 18.0 Å². The fourth-order valence-corrected chi connectivity index (χ4v) is 1.78. The van der Waals surface area contributed by atoms with Crippen LogP contribution in [0.3, 0.4) is 0 Å². The summed E-state index contributed by atoms with van der Waals surface area (Å²) in [5.41, 5.74) is 3.82. The highest BCUT2D eigenvalue weighted by molar-refractivity contribution is 7.87. The van der Waals surface area contributed by atoms with Crippen LogP contribution in [0.5, 0.6) is 0 Å². The first-order valence-corrected chi connectivity index (χ1v) is 6.02. The Balaban J connectivity index is 2.73. The van der Waals surface area contributed by atoms with Gasteiger partial charge in [0.25, 0.3) is 0 Å². The van der Waals surface area contributed by atoms with Crippen molar-refractivity contribution in [1.82, 2.24) is 10.9 Å². The summed E-state index contributed by atoms with van der Waals surface area (Å²) in [4.78, 5) is 20.8. The topological polar surface area (TPSA) is 122 Å². The molecule has 1 rings (SSSR count). The maximum absolute atomic E-state index is 11.5. The van der Waals surface area contributed by atoms with Gasteiger partial charge in [0.05, 0.1) is 0 Å². The third-order valence-corrected chi connectivity index (χ3v) is 2.99. The minimum atomic E-state index is -4.27. The van der Waals surface area contributed by atoms with E-state index in [1.807, 2.05) is 0 Å². The van der Waals surface area contributed by atoms with Gasteiger partial charge in [-0.3, -0.25) is 0 Å². The Morgan fingerprint density at radius 2 is 1.72 bits per heavy atom. The zero-order valence-electron chi connectivity index (χ0n) is 9.21. The first-order chi connectivity index (χ1) is 8.31. The number of rotatable bonds is 2. The van der Waals surface area contributed by atoms with Gasteiger partial charge in [-0.05, 0) is 19.1 Å². The van der Waals surface area contributed by atoms with Crippen molar-refractivity contribution in [3.63, 3.8) is 0 Å². The van der Waals surface area contributed by atoms with Gasteiger partial charge in [-0.25, -0.2) is 20.4 Å². The Morgan fingerprint density at radius 1 is 1.17 bits per heavy atom. The first kappa shape index (κ1) is 13.8. The van der Waals surface area contributed by atoms with Gasteiger partial charge in [-0.1, -0.05) is 17.7 Å². The van der Waals surface area contributed by atoms with Crippen LogP contribution >= 0.6 is 0 Å². The maximum atomic E-state index is 11.5. The van der Waals surface area contributed by atoms with Gasteiger partial charge >= 0.3 is 22.3 Å². The van der Waals surface area contributed by atoms with Gasteiger partial charge < -0.3 is 9.29 Å². The largest absolute Gasteiger partial charge is 0.464 e. The van der Waals surface area contributed by atoms with Crippen LogP contribution in [0.25, 0.3) is 0 Å². The molecule has 98 valence electrons. The molecule has 0 aliphatic rings. The van der Waals surface area contributed by atoms with E-state index in [1.165, 1.54) is 35.1 Å². The molecule has 0 aliphatic carbocycles. The van der Waals surface area contributed by atoms with E-state index < -0.39 is 22.3 Å². The number of aryl methyl sites for hydroxylation is 1. The van der Waals surface area contributed by atoms with Crippen LogP contribution in [0.4, 0.5) is 9.59 Å².